The van der Waals surface area contributed by atoms with Gasteiger partial charge in [-0.1, -0.05) is 0 Å². The van der Waals surface area contributed by atoms with Crippen LogP contribution in [0, 0.1) is 0 Å². The van der Waals surface area contributed by atoms with Crippen molar-refractivity contribution < 1.29 is 9.53 Å². The number of amides is 1. The number of ether oxygens (including phenoxy) is 1. The first kappa shape index (κ1) is 14.4. The van der Waals surface area contributed by atoms with E-state index in [1.54, 1.807) is 24.5 Å². The lowest BCUT2D eigenvalue weighted by Gasteiger charge is -2.10. The van der Waals surface area contributed by atoms with Gasteiger partial charge in [-0.2, -0.15) is 0 Å². The molecule has 0 bridgehead atoms. The summed E-state index contributed by atoms with van der Waals surface area (Å²) in [6.07, 6.45) is 6.47. The smallest absolute Gasteiger partial charge is 0.264 e. The highest BCUT2D eigenvalue weighted by Crippen LogP contribution is 2.11. The Bertz CT molecular complexity index is 708. The highest BCUT2D eigenvalue weighted by atomic mass is 16.5. The van der Waals surface area contributed by atoms with Gasteiger partial charge in [0.05, 0.1) is 6.10 Å². The summed E-state index contributed by atoms with van der Waals surface area (Å²) >= 11 is 0. The zero-order valence-electron chi connectivity index (χ0n) is 11.9. The van der Waals surface area contributed by atoms with Gasteiger partial charge < -0.3 is 15.0 Å². The average molecular weight is 300 g/mol. The normalized spacial score (nSPS) is 17.4. The molecule has 3 heterocycles. The maximum Gasteiger partial charge on any atom is 0.264 e. The Hall–Kier alpha value is -2.54. The van der Waals surface area contributed by atoms with Crippen molar-refractivity contribution in [1.82, 2.24) is 20.3 Å². The number of aromatic nitrogens is 3. The van der Waals surface area contributed by atoms with Crippen LogP contribution < -0.4 is 10.9 Å². The van der Waals surface area contributed by atoms with Gasteiger partial charge in [0.2, 0.25) is 0 Å². The van der Waals surface area contributed by atoms with Crippen molar-refractivity contribution >= 4 is 5.91 Å². The van der Waals surface area contributed by atoms with Crippen molar-refractivity contribution in [3.8, 4) is 11.4 Å². The summed E-state index contributed by atoms with van der Waals surface area (Å²) in [5.41, 5.74) is 0.204. The fourth-order valence-corrected chi connectivity index (χ4v) is 2.31. The number of H-pyrrole nitrogens is 1. The monoisotopic (exact) mass is 300 g/mol. The van der Waals surface area contributed by atoms with Crippen molar-refractivity contribution in [3.63, 3.8) is 0 Å². The number of pyridine rings is 1. The first-order chi connectivity index (χ1) is 10.7. The Morgan fingerprint density at radius 3 is 3.05 bits per heavy atom. The summed E-state index contributed by atoms with van der Waals surface area (Å²) in [7, 11) is 0. The van der Waals surface area contributed by atoms with E-state index in [0.29, 0.717) is 17.9 Å². The van der Waals surface area contributed by atoms with Gasteiger partial charge in [-0.25, -0.2) is 4.98 Å². The molecule has 1 saturated heterocycles. The molecule has 7 heteroatoms. The molecule has 1 fully saturated rings. The number of aromatic amines is 1. The Morgan fingerprint density at radius 2 is 2.36 bits per heavy atom. The van der Waals surface area contributed by atoms with Crippen LogP contribution >= 0.6 is 0 Å². The first-order valence-corrected chi connectivity index (χ1v) is 7.13. The van der Waals surface area contributed by atoms with Crippen LogP contribution in [-0.4, -0.2) is 40.1 Å². The van der Waals surface area contributed by atoms with E-state index >= 15 is 0 Å². The second-order valence-electron chi connectivity index (χ2n) is 5.06. The van der Waals surface area contributed by atoms with Crippen molar-refractivity contribution in [2.24, 2.45) is 0 Å². The van der Waals surface area contributed by atoms with Gasteiger partial charge in [-0.05, 0) is 25.0 Å². The van der Waals surface area contributed by atoms with Crippen LogP contribution in [0.4, 0.5) is 0 Å². The summed E-state index contributed by atoms with van der Waals surface area (Å²) in [5, 5.41) is 2.70. The Labute approximate surface area is 126 Å². The predicted octanol–water partition coefficient (Wildman–Crippen LogP) is 0.741. The molecule has 3 rings (SSSR count). The number of carbonyl (C=O) groups excluding carboxylic acids is 1. The lowest BCUT2D eigenvalue weighted by molar-refractivity contribution is 0.0856. The van der Waals surface area contributed by atoms with Gasteiger partial charge in [0.25, 0.3) is 11.5 Å². The van der Waals surface area contributed by atoms with Gasteiger partial charge in [0.15, 0.2) is 0 Å². The van der Waals surface area contributed by atoms with Crippen molar-refractivity contribution in [3.05, 3.63) is 46.6 Å². The zero-order valence-corrected chi connectivity index (χ0v) is 11.9. The quantitative estimate of drug-likeness (QED) is 0.868. The van der Waals surface area contributed by atoms with E-state index in [2.05, 4.69) is 20.3 Å². The molecule has 2 aromatic rings. The highest BCUT2D eigenvalue weighted by Gasteiger charge is 2.18. The average Bonchev–Trinajstić information content (AvgIpc) is 3.07. The molecule has 0 spiro atoms. The lowest BCUT2D eigenvalue weighted by atomic mass is 10.2. The van der Waals surface area contributed by atoms with E-state index in [1.165, 1.54) is 6.20 Å². The minimum atomic E-state index is -0.473. The number of nitrogens with zero attached hydrogens (tertiary/aromatic N) is 2. The Kier molecular flexibility index (Phi) is 4.24. The van der Waals surface area contributed by atoms with Crippen molar-refractivity contribution in [2.75, 3.05) is 13.2 Å². The standard InChI is InChI=1S/C15H16N4O3/c20-14(18-8-11-4-2-6-22-11)12-9-17-13(19-15(12)21)10-3-1-5-16-7-10/h1,3,5,7,9,11H,2,4,6,8H2,(H,18,20)(H,17,19,21). The van der Waals surface area contributed by atoms with Gasteiger partial charge in [-0.3, -0.25) is 14.6 Å². The number of nitrogens with one attached hydrogen (secondary N) is 2. The second-order valence-corrected chi connectivity index (χ2v) is 5.06. The molecule has 0 radical (unpaired) electrons. The van der Waals surface area contributed by atoms with E-state index in [4.69, 9.17) is 4.74 Å². The SMILES string of the molecule is O=C(NCC1CCCO1)c1cnc(-c2cccnc2)[nH]c1=O. The van der Waals surface area contributed by atoms with Crippen LogP contribution in [-0.2, 0) is 4.74 Å². The van der Waals surface area contributed by atoms with Gasteiger partial charge in [0, 0.05) is 37.3 Å². The maximum atomic E-state index is 12.0. The predicted molar refractivity (Wildman–Crippen MR) is 79.4 cm³/mol. The molecule has 22 heavy (non-hydrogen) atoms. The molecule has 114 valence electrons. The van der Waals surface area contributed by atoms with E-state index in [0.717, 1.165) is 19.4 Å². The largest absolute Gasteiger partial charge is 0.376 e. The van der Waals surface area contributed by atoms with E-state index in [-0.39, 0.29) is 11.7 Å². The van der Waals surface area contributed by atoms with Crippen LogP contribution in [0.15, 0.2) is 35.5 Å². The van der Waals surface area contributed by atoms with Gasteiger partial charge >= 0.3 is 0 Å². The number of hydrogen-bond acceptors (Lipinski definition) is 5. The van der Waals surface area contributed by atoms with Crippen LogP contribution in [0.3, 0.4) is 0 Å². The molecule has 1 aliphatic heterocycles. The minimum absolute atomic E-state index is 0.00867. The van der Waals surface area contributed by atoms with Gasteiger partial charge in [-0.15, -0.1) is 0 Å². The fourth-order valence-electron chi connectivity index (χ4n) is 2.31. The first-order valence-electron chi connectivity index (χ1n) is 7.13. The Balaban J connectivity index is 1.71. The third kappa shape index (κ3) is 3.20. The van der Waals surface area contributed by atoms with Crippen molar-refractivity contribution in [1.29, 1.82) is 0 Å². The molecule has 1 atom stereocenters. The number of hydrogen-bond donors (Lipinski definition) is 2. The minimum Gasteiger partial charge on any atom is -0.376 e. The summed E-state index contributed by atoms with van der Waals surface area (Å²) in [6, 6.07) is 3.53. The van der Waals surface area contributed by atoms with Crippen LogP contribution in [0.2, 0.25) is 0 Å². The van der Waals surface area contributed by atoms with Crippen molar-refractivity contribution in [2.45, 2.75) is 18.9 Å². The molecule has 2 aromatic heterocycles. The third-order valence-corrected chi connectivity index (χ3v) is 3.49. The molecule has 0 aromatic carbocycles. The summed E-state index contributed by atoms with van der Waals surface area (Å²) < 4.78 is 5.42. The molecule has 7 nitrogen and oxygen atoms in total. The summed E-state index contributed by atoms with van der Waals surface area (Å²) in [4.78, 5) is 34.8. The lowest BCUT2D eigenvalue weighted by Crippen LogP contribution is -2.35. The zero-order chi connectivity index (χ0) is 15.4. The summed E-state index contributed by atoms with van der Waals surface area (Å²) in [5.74, 6) is -0.0595. The fraction of sp³-hybridized carbons (Fsp3) is 0.333. The molecule has 1 aliphatic rings. The second kappa shape index (κ2) is 6.48. The van der Waals surface area contributed by atoms with Gasteiger partial charge in [0.1, 0.15) is 11.4 Å². The van der Waals surface area contributed by atoms with E-state index in [1.807, 2.05) is 0 Å². The molecular weight excluding hydrogens is 284 g/mol. The highest BCUT2D eigenvalue weighted by molar-refractivity contribution is 5.93. The molecule has 1 unspecified atom stereocenters. The Morgan fingerprint density at radius 1 is 1.45 bits per heavy atom. The molecule has 0 saturated carbocycles. The topological polar surface area (TPSA) is 97.0 Å². The molecule has 0 aliphatic carbocycles. The molecular formula is C15H16N4O3. The van der Waals surface area contributed by atoms with Crippen LogP contribution in [0.1, 0.15) is 23.2 Å². The van der Waals surface area contributed by atoms with E-state index in [9.17, 15) is 9.59 Å². The number of rotatable bonds is 4. The third-order valence-electron chi connectivity index (χ3n) is 3.49. The number of carbonyl (C=O) groups is 1. The summed E-state index contributed by atoms with van der Waals surface area (Å²) in [6.45, 7) is 1.13. The maximum absolute atomic E-state index is 12.0. The van der Waals surface area contributed by atoms with Crippen LogP contribution in [0.25, 0.3) is 11.4 Å². The molecule has 2 N–H and O–H groups in total. The van der Waals surface area contributed by atoms with E-state index < -0.39 is 11.5 Å². The molecule has 1 amide bonds. The van der Waals surface area contributed by atoms with Crippen LogP contribution in [0.5, 0.6) is 0 Å².